The summed E-state index contributed by atoms with van der Waals surface area (Å²) < 4.78 is 4.81. The Balaban J connectivity index is 2.46. The molecule has 1 aliphatic heterocycles. The SMILES string of the molecule is COCCN1C(=O)N(C)CC1O. The van der Waals surface area contributed by atoms with E-state index in [2.05, 4.69) is 0 Å². The van der Waals surface area contributed by atoms with Gasteiger partial charge in [-0.15, -0.1) is 0 Å². The Morgan fingerprint density at radius 3 is 2.83 bits per heavy atom. The summed E-state index contributed by atoms with van der Waals surface area (Å²) in [5.41, 5.74) is 0. The summed E-state index contributed by atoms with van der Waals surface area (Å²) in [5.74, 6) is 0. The molecule has 1 aliphatic rings. The highest BCUT2D eigenvalue weighted by Crippen LogP contribution is 2.10. The molecule has 1 N–H and O–H groups in total. The van der Waals surface area contributed by atoms with Crippen molar-refractivity contribution in [2.24, 2.45) is 0 Å². The summed E-state index contributed by atoms with van der Waals surface area (Å²) in [7, 11) is 3.23. The minimum absolute atomic E-state index is 0.139. The molecule has 1 heterocycles. The largest absolute Gasteiger partial charge is 0.383 e. The summed E-state index contributed by atoms with van der Waals surface area (Å²) in [4.78, 5) is 14.1. The van der Waals surface area contributed by atoms with Crippen LogP contribution in [-0.4, -0.2) is 61.0 Å². The smallest absolute Gasteiger partial charge is 0.322 e. The Labute approximate surface area is 71.5 Å². The van der Waals surface area contributed by atoms with Crippen LogP contribution in [0.4, 0.5) is 4.79 Å². The van der Waals surface area contributed by atoms with Crippen LogP contribution in [0, 0.1) is 0 Å². The first-order chi connectivity index (χ1) is 5.66. The molecule has 12 heavy (non-hydrogen) atoms. The van der Waals surface area contributed by atoms with Crippen LogP contribution in [0.3, 0.4) is 0 Å². The van der Waals surface area contributed by atoms with E-state index in [4.69, 9.17) is 4.74 Å². The van der Waals surface area contributed by atoms with Gasteiger partial charge >= 0.3 is 6.03 Å². The molecule has 1 atom stereocenters. The van der Waals surface area contributed by atoms with Gasteiger partial charge in [0, 0.05) is 20.7 Å². The van der Waals surface area contributed by atoms with Crippen molar-refractivity contribution in [2.75, 3.05) is 33.9 Å². The van der Waals surface area contributed by atoms with E-state index in [-0.39, 0.29) is 6.03 Å². The van der Waals surface area contributed by atoms with E-state index < -0.39 is 6.23 Å². The van der Waals surface area contributed by atoms with Crippen molar-refractivity contribution in [3.05, 3.63) is 0 Å². The van der Waals surface area contributed by atoms with Crippen molar-refractivity contribution < 1.29 is 14.6 Å². The van der Waals surface area contributed by atoms with Gasteiger partial charge < -0.3 is 14.7 Å². The lowest BCUT2D eigenvalue weighted by Crippen LogP contribution is -2.36. The molecule has 1 fully saturated rings. The molecule has 5 nitrogen and oxygen atoms in total. The van der Waals surface area contributed by atoms with Gasteiger partial charge in [-0.3, -0.25) is 4.90 Å². The highest BCUT2D eigenvalue weighted by atomic mass is 16.5. The number of urea groups is 1. The summed E-state index contributed by atoms with van der Waals surface area (Å²) in [6, 6.07) is -0.139. The van der Waals surface area contributed by atoms with E-state index in [9.17, 15) is 9.90 Å². The molecule has 70 valence electrons. The van der Waals surface area contributed by atoms with Gasteiger partial charge in [0.15, 0.2) is 0 Å². The highest BCUT2D eigenvalue weighted by Gasteiger charge is 2.32. The van der Waals surface area contributed by atoms with Crippen LogP contribution in [-0.2, 0) is 4.74 Å². The number of amides is 2. The highest BCUT2D eigenvalue weighted by molar-refractivity contribution is 5.76. The Bertz CT molecular complexity index is 174. The van der Waals surface area contributed by atoms with Gasteiger partial charge in [-0.05, 0) is 0 Å². The Hall–Kier alpha value is -0.810. The molecule has 2 amide bonds. The van der Waals surface area contributed by atoms with Crippen molar-refractivity contribution in [2.45, 2.75) is 6.23 Å². The number of rotatable bonds is 3. The van der Waals surface area contributed by atoms with E-state index in [0.29, 0.717) is 19.7 Å². The molecule has 1 saturated heterocycles. The van der Waals surface area contributed by atoms with Crippen LogP contribution < -0.4 is 0 Å². The number of carbonyl (C=O) groups excluding carboxylic acids is 1. The summed E-state index contributed by atoms with van der Waals surface area (Å²) in [5, 5.41) is 9.36. The van der Waals surface area contributed by atoms with Crippen LogP contribution in [0.5, 0.6) is 0 Å². The van der Waals surface area contributed by atoms with Gasteiger partial charge in [-0.2, -0.15) is 0 Å². The monoisotopic (exact) mass is 174 g/mol. The Morgan fingerprint density at radius 2 is 2.42 bits per heavy atom. The predicted octanol–water partition coefficient (Wildman–Crippen LogP) is -0.681. The quantitative estimate of drug-likeness (QED) is 0.616. The molecule has 5 heteroatoms. The fraction of sp³-hybridized carbons (Fsp3) is 0.857. The lowest BCUT2D eigenvalue weighted by atomic mass is 10.5. The molecule has 0 aromatic heterocycles. The average Bonchev–Trinajstić information content (AvgIpc) is 2.25. The topological polar surface area (TPSA) is 53.0 Å². The lowest BCUT2D eigenvalue weighted by Gasteiger charge is -2.17. The molecule has 1 rings (SSSR count). The fourth-order valence-electron chi connectivity index (χ4n) is 1.20. The summed E-state index contributed by atoms with van der Waals surface area (Å²) in [6.45, 7) is 1.28. The molecule has 0 bridgehead atoms. The molecular formula is C7H14N2O3. The standard InChI is InChI=1S/C7H14N2O3/c1-8-5-6(10)9(7(8)11)3-4-12-2/h6,10H,3-5H2,1-2H3. The molecule has 0 saturated carbocycles. The zero-order chi connectivity index (χ0) is 9.14. The number of β-amino-alcohol motifs (C(OH)–C–C–N with tert-alkyl or cyclic N) is 1. The third kappa shape index (κ3) is 1.67. The van der Waals surface area contributed by atoms with E-state index in [1.54, 1.807) is 14.2 Å². The maximum atomic E-state index is 11.3. The van der Waals surface area contributed by atoms with Crippen LogP contribution in [0.15, 0.2) is 0 Å². The molecule has 0 aromatic carbocycles. The number of hydrogen-bond acceptors (Lipinski definition) is 3. The van der Waals surface area contributed by atoms with Gasteiger partial charge in [0.1, 0.15) is 6.23 Å². The number of aliphatic hydroxyl groups excluding tert-OH is 1. The van der Waals surface area contributed by atoms with E-state index >= 15 is 0 Å². The van der Waals surface area contributed by atoms with Gasteiger partial charge in [-0.25, -0.2) is 4.79 Å². The molecule has 0 spiro atoms. The number of ether oxygens (including phenoxy) is 1. The Morgan fingerprint density at radius 1 is 1.75 bits per heavy atom. The van der Waals surface area contributed by atoms with Gasteiger partial charge in [0.05, 0.1) is 13.2 Å². The van der Waals surface area contributed by atoms with Gasteiger partial charge in [0.2, 0.25) is 0 Å². The zero-order valence-corrected chi connectivity index (χ0v) is 7.36. The number of hydrogen-bond donors (Lipinski definition) is 1. The van der Waals surface area contributed by atoms with E-state index in [1.165, 1.54) is 9.80 Å². The van der Waals surface area contributed by atoms with Crippen molar-refractivity contribution >= 4 is 6.03 Å². The minimum atomic E-state index is -0.683. The van der Waals surface area contributed by atoms with Gasteiger partial charge in [0.25, 0.3) is 0 Å². The minimum Gasteiger partial charge on any atom is -0.383 e. The lowest BCUT2D eigenvalue weighted by molar-refractivity contribution is 0.0465. The maximum Gasteiger partial charge on any atom is 0.322 e. The number of nitrogens with zero attached hydrogens (tertiary/aromatic N) is 2. The first-order valence-electron chi connectivity index (χ1n) is 3.85. The van der Waals surface area contributed by atoms with Crippen LogP contribution in [0.2, 0.25) is 0 Å². The van der Waals surface area contributed by atoms with Crippen molar-refractivity contribution in [1.82, 2.24) is 9.80 Å². The Kier molecular flexibility index (Phi) is 2.88. The van der Waals surface area contributed by atoms with Crippen LogP contribution in [0.25, 0.3) is 0 Å². The molecule has 0 aliphatic carbocycles. The van der Waals surface area contributed by atoms with Crippen molar-refractivity contribution in [1.29, 1.82) is 0 Å². The number of likely N-dealkylation sites (N-methyl/N-ethyl adjacent to an activating group) is 1. The number of aliphatic hydroxyl groups is 1. The third-order valence-corrected chi connectivity index (χ3v) is 1.91. The number of carbonyl (C=O) groups is 1. The molecule has 0 radical (unpaired) electrons. The molecule has 1 unspecified atom stereocenters. The average molecular weight is 174 g/mol. The fourth-order valence-corrected chi connectivity index (χ4v) is 1.20. The first-order valence-corrected chi connectivity index (χ1v) is 3.85. The van der Waals surface area contributed by atoms with Crippen molar-refractivity contribution in [3.63, 3.8) is 0 Å². The molecular weight excluding hydrogens is 160 g/mol. The normalized spacial score (nSPS) is 23.9. The number of methoxy groups -OCH3 is 1. The second-order valence-electron chi connectivity index (χ2n) is 2.83. The second-order valence-corrected chi connectivity index (χ2v) is 2.83. The van der Waals surface area contributed by atoms with E-state index in [1.807, 2.05) is 0 Å². The summed E-state index contributed by atoms with van der Waals surface area (Å²) in [6.07, 6.45) is -0.683. The van der Waals surface area contributed by atoms with E-state index in [0.717, 1.165) is 0 Å². The predicted molar refractivity (Wildman–Crippen MR) is 42.6 cm³/mol. The zero-order valence-electron chi connectivity index (χ0n) is 7.36. The van der Waals surface area contributed by atoms with Crippen molar-refractivity contribution in [3.8, 4) is 0 Å². The van der Waals surface area contributed by atoms with Crippen LogP contribution >= 0.6 is 0 Å². The summed E-state index contributed by atoms with van der Waals surface area (Å²) >= 11 is 0. The third-order valence-electron chi connectivity index (χ3n) is 1.91. The second kappa shape index (κ2) is 3.73. The first kappa shape index (κ1) is 9.28. The molecule has 0 aromatic rings. The van der Waals surface area contributed by atoms with Gasteiger partial charge in [-0.1, -0.05) is 0 Å². The maximum absolute atomic E-state index is 11.3. The van der Waals surface area contributed by atoms with Crippen LogP contribution in [0.1, 0.15) is 0 Å².